The third-order valence-electron chi connectivity index (χ3n) is 2.60. The van der Waals surface area contributed by atoms with Gasteiger partial charge < -0.3 is 9.47 Å². The molecule has 0 atom stereocenters. The van der Waals surface area contributed by atoms with Gasteiger partial charge in [-0.25, -0.2) is 9.59 Å². The Morgan fingerprint density at radius 1 is 0.857 bits per heavy atom. The van der Waals surface area contributed by atoms with Crippen LogP contribution in [0.4, 0.5) is 0 Å². The van der Waals surface area contributed by atoms with Crippen LogP contribution in [0.25, 0.3) is 0 Å². The monoisotopic (exact) mass is 282 g/mol. The van der Waals surface area contributed by atoms with Gasteiger partial charge in [0.05, 0.1) is 5.56 Å². The summed E-state index contributed by atoms with van der Waals surface area (Å²) in [5.41, 5.74) is 0.782. The van der Waals surface area contributed by atoms with Crippen molar-refractivity contribution in [3.05, 3.63) is 72.3 Å². The Balaban J connectivity index is 2.01. The Labute approximate surface area is 122 Å². The van der Waals surface area contributed by atoms with Gasteiger partial charge in [0.15, 0.2) is 0 Å². The van der Waals surface area contributed by atoms with E-state index in [2.05, 4.69) is 6.58 Å². The molecule has 2 aromatic rings. The molecule has 0 unspecified atom stereocenters. The Morgan fingerprint density at radius 2 is 1.38 bits per heavy atom. The van der Waals surface area contributed by atoms with E-state index in [1.807, 2.05) is 6.07 Å². The number of carbonyl (C=O) groups is 2. The van der Waals surface area contributed by atoms with Crippen molar-refractivity contribution in [1.29, 1.82) is 0 Å². The van der Waals surface area contributed by atoms with Crippen LogP contribution in [0.1, 0.15) is 17.3 Å². The van der Waals surface area contributed by atoms with Gasteiger partial charge in [-0.15, -0.1) is 0 Å². The second-order valence-electron chi connectivity index (χ2n) is 4.40. The van der Waals surface area contributed by atoms with Crippen LogP contribution in [0.15, 0.2) is 66.7 Å². The minimum absolute atomic E-state index is 0.314. The first-order chi connectivity index (χ1) is 10.1. The van der Waals surface area contributed by atoms with E-state index in [0.29, 0.717) is 22.6 Å². The molecule has 0 radical (unpaired) electrons. The van der Waals surface area contributed by atoms with E-state index in [1.54, 1.807) is 55.5 Å². The summed E-state index contributed by atoms with van der Waals surface area (Å²) in [5, 5.41) is 0. The van der Waals surface area contributed by atoms with Crippen molar-refractivity contribution in [3.8, 4) is 11.5 Å². The molecule has 4 nitrogen and oxygen atoms in total. The second-order valence-corrected chi connectivity index (χ2v) is 4.40. The van der Waals surface area contributed by atoms with Crippen molar-refractivity contribution < 1.29 is 19.1 Å². The Hall–Kier alpha value is -2.88. The first-order valence-electron chi connectivity index (χ1n) is 6.31. The molecule has 0 saturated carbocycles. The number of carbonyl (C=O) groups excluding carboxylic acids is 2. The average molecular weight is 282 g/mol. The number of ether oxygens (including phenoxy) is 2. The smallest absolute Gasteiger partial charge is 0.343 e. The molecule has 2 rings (SSSR count). The molecule has 0 bridgehead atoms. The molecule has 0 aromatic heterocycles. The van der Waals surface area contributed by atoms with Gasteiger partial charge >= 0.3 is 11.9 Å². The Morgan fingerprint density at radius 3 is 1.90 bits per heavy atom. The van der Waals surface area contributed by atoms with E-state index in [4.69, 9.17) is 9.47 Å². The summed E-state index contributed by atoms with van der Waals surface area (Å²) in [6, 6.07) is 14.9. The van der Waals surface area contributed by atoms with Gasteiger partial charge in [-0.05, 0) is 43.3 Å². The minimum atomic E-state index is -0.496. The zero-order valence-corrected chi connectivity index (χ0v) is 11.5. The highest BCUT2D eigenvalue weighted by Gasteiger charge is 2.09. The molecule has 2 aromatic carbocycles. The van der Waals surface area contributed by atoms with Crippen molar-refractivity contribution in [2.45, 2.75) is 6.92 Å². The van der Waals surface area contributed by atoms with Crippen molar-refractivity contribution in [3.63, 3.8) is 0 Å². The predicted octanol–water partition coefficient (Wildman–Crippen LogP) is 3.39. The average Bonchev–Trinajstić information content (AvgIpc) is 2.50. The van der Waals surface area contributed by atoms with E-state index < -0.39 is 11.9 Å². The minimum Gasteiger partial charge on any atom is -0.423 e. The first-order valence-corrected chi connectivity index (χ1v) is 6.31. The fraction of sp³-hybridized carbons (Fsp3) is 0.0588. The summed E-state index contributed by atoms with van der Waals surface area (Å²) >= 11 is 0. The van der Waals surface area contributed by atoms with E-state index in [9.17, 15) is 9.59 Å². The lowest BCUT2D eigenvalue weighted by atomic mass is 10.2. The lowest BCUT2D eigenvalue weighted by molar-refractivity contribution is -0.130. The summed E-state index contributed by atoms with van der Waals surface area (Å²) in [4.78, 5) is 23.2. The lowest BCUT2D eigenvalue weighted by Crippen LogP contribution is -2.09. The van der Waals surface area contributed by atoms with Crippen molar-refractivity contribution in [2.75, 3.05) is 0 Å². The lowest BCUT2D eigenvalue weighted by Gasteiger charge is -2.06. The molecule has 0 fully saturated rings. The molecule has 106 valence electrons. The molecule has 0 saturated heterocycles. The number of esters is 2. The third-order valence-corrected chi connectivity index (χ3v) is 2.60. The van der Waals surface area contributed by atoms with Crippen LogP contribution in [-0.4, -0.2) is 11.9 Å². The van der Waals surface area contributed by atoms with Gasteiger partial charge in [0.1, 0.15) is 11.5 Å². The van der Waals surface area contributed by atoms with Crippen LogP contribution < -0.4 is 9.47 Å². The Bertz CT molecular complexity index is 657. The first kappa shape index (κ1) is 14.5. The topological polar surface area (TPSA) is 52.6 Å². The maximum atomic E-state index is 11.8. The fourth-order valence-corrected chi connectivity index (χ4v) is 1.51. The molecule has 0 aliphatic rings. The second kappa shape index (κ2) is 6.52. The summed E-state index contributed by atoms with van der Waals surface area (Å²) in [7, 11) is 0. The maximum Gasteiger partial charge on any atom is 0.343 e. The van der Waals surface area contributed by atoms with E-state index in [-0.39, 0.29) is 0 Å². The molecule has 0 heterocycles. The van der Waals surface area contributed by atoms with E-state index >= 15 is 0 Å². The molecule has 0 aliphatic carbocycles. The molecule has 0 N–H and O–H groups in total. The summed E-state index contributed by atoms with van der Waals surface area (Å²) in [5.74, 6) is -0.201. The summed E-state index contributed by atoms with van der Waals surface area (Å²) in [6.07, 6.45) is 0. The summed E-state index contributed by atoms with van der Waals surface area (Å²) in [6.45, 7) is 5.07. The maximum absolute atomic E-state index is 11.8. The van der Waals surface area contributed by atoms with E-state index in [1.165, 1.54) is 0 Å². The van der Waals surface area contributed by atoms with Crippen molar-refractivity contribution in [1.82, 2.24) is 0 Å². The molecule has 0 amide bonds. The Kier molecular flexibility index (Phi) is 4.51. The van der Waals surface area contributed by atoms with Crippen molar-refractivity contribution >= 4 is 11.9 Å². The molecular formula is C17H14O4. The number of hydrogen-bond acceptors (Lipinski definition) is 4. The van der Waals surface area contributed by atoms with Crippen LogP contribution in [0.3, 0.4) is 0 Å². The SMILES string of the molecule is C=C(C)C(=O)Oc1ccc(OC(=O)c2ccccc2)cc1. The zero-order valence-electron chi connectivity index (χ0n) is 11.5. The number of hydrogen-bond donors (Lipinski definition) is 0. The third kappa shape index (κ3) is 4.04. The summed E-state index contributed by atoms with van der Waals surface area (Å²) < 4.78 is 10.3. The van der Waals surface area contributed by atoms with Gasteiger partial charge in [0, 0.05) is 5.57 Å². The molecule has 4 heteroatoms. The normalized spacial score (nSPS) is 9.76. The highest BCUT2D eigenvalue weighted by Crippen LogP contribution is 2.19. The van der Waals surface area contributed by atoms with Gasteiger partial charge in [0.25, 0.3) is 0 Å². The van der Waals surface area contributed by atoms with Crippen LogP contribution in [0, 0.1) is 0 Å². The van der Waals surface area contributed by atoms with Crippen LogP contribution in [0.2, 0.25) is 0 Å². The van der Waals surface area contributed by atoms with Gasteiger partial charge in [0.2, 0.25) is 0 Å². The van der Waals surface area contributed by atoms with Gasteiger partial charge in [-0.3, -0.25) is 0 Å². The zero-order chi connectivity index (χ0) is 15.2. The van der Waals surface area contributed by atoms with Gasteiger partial charge in [-0.1, -0.05) is 24.8 Å². The quantitative estimate of drug-likeness (QED) is 0.490. The standard InChI is InChI=1S/C17H14O4/c1-12(2)16(18)20-14-8-10-15(11-9-14)21-17(19)13-6-4-3-5-7-13/h3-11H,1H2,2H3. The van der Waals surface area contributed by atoms with Gasteiger partial charge in [-0.2, -0.15) is 0 Å². The molecule has 21 heavy (non-hydrogen) atoms. The van der Waals surface area contributed by atoms with Crippen LogP contribution in [-0.2, 0) is 4.79 Å². The van der Waals surface area contributed by atoms with Crippen LogP contribution >= 0.6 is 0 Å². The predicted molar refractivity (Wildman–Crippen MR) is 78.3 cm³/mol. The van der Waals surface area contributed by atoms with Crippen molar-refractivity contribution in [2.24, 2.45) is 0 Å². The highest BCUT2D eigenvalue weighted by molar-refractivity contribution is 5.91. The molecule has 0 spiro atoms. The highest BCUT2D eigenvalue weighted by atomic mass is 16.5. The number of rotatable bonds is 4. The molecular weight excluding hydrogens is 268 g/mol. The fourth-order valence-electron chi connectivity index (χ4n) is 1.51. The van der Waals surface area contributed by atoms with Crippen LogP contribution in [0.5, 0.6) is 11.5 Å². The number of benzene rings is 2. The van der Waals surface area contributed by atoms with E-state index in [0.717, 1.165) is 0 Å². The largest absolute Gasteiger partial charge is 0.423 e. The molecule has 0 aliphatic heterocycles.